The van der Waals surface area contributed by atoms with E-state index in [0.717, 1.165) is 41.7 Å². The lowest BCUT2D eigenvalue weighted by atomic mass is 9.85. The molecule has 2 saturated heterocycles. The second-order valence-electron chi connectivity index (χ2n) is 11.3. The maximum absolute atomic E-state index is 15.7. The van der Waals surface area contributed by atoms with Crippen LogP contribution in [0.1, 0.15) is 22.3 Å². The Hall–Kier alpha value is -4.20. The molecule has 2 aliphatic rings. The van der Waals surface area contributed by atoms with Gasteiger partial charge in [0.25, 0.3) is 0 Å². The molecule has 14 heteroatoms. The first-order valence-corrected chi connectivity index (χ1v) is 17.6. The SMILES string of the molecule is COc1cccc(OC)c1C1(C2(c3c(OC)cccc3OC)SCC(=O)N2Cc2c(F)cccc2F)SCC(=O)N1Cc1ccc(Cl)cc1F. The molecule has 0 aromatic heterocycles. The summed E-state index contributed by atoms with van der Waals surface area (Å²) >= 11 is 8.40. The number of rotatable bonds is 11. The molecule has 2 unspecified atom stereocenters. The average Bonchev–Trinajstić information content (AvgIpc) is 3.62. The smallest absolute Gasteiger partial charge is 0.234 e. The van der Waals surface area contributed by atoms with Crippen molar-refractivity contribution >= 4 is 46.9 Å². The summed E-state index contributed by atoms with van der Waals surface area (Å²) in [4.78, 5) is 28.1. The van der Waals surface area contributed by atoms with Crippen LogP contribution in [0.4, 0.5) is 13.2 Å². The predicted octanol–water partition coefficient (Wildman–Crippen LogP) is 7.35. The first kappa shape index (κ1) is 35.6. The normalized spacial score (nSPS) is 20.4. The molecule has 2 amide bonds. The van der Waals surface area contributed by atoms with Crippen molar-refractivity contribution in [2.45, 2.75) is 22.8 Å². The highest BCUT2D eigenvalue weighted by molar-refractivity contribution is 8.05. The number of halogens is 4. The Labute approximate surface area is 300 Å². The van der Waals surface area contributed by atoms with Crippen LogP contribution in [0.2, 0.25) is 5.02 Å². The van der Waals surface area contributed by atoms with E-state index in [-0.39, 0.29) is 57.2 Å². The van der Waals surface area contributed by atoms with Crippen molar-refractivity contribution in [2.24, 2.45) is 0 Å². The van der Waals surface area contributed by atoms with E-state index in [0.29, 0.717) is 11.1 Å². The van der Waals surface area contributed by atoms with Crippen molar-refractivity contribution in [3.05, 3.63) is 118 Å². The molecular formula is C36H32ClF3N2O6S2. The minimum Gasteiger partial charge on any atom is -0.496 e. The standard InChI is InChI=1S/C36H32ClF3N2O6S2/c1-45-27-10-6-11-28(46-2)33(27)35(41(31(43)19-49-35)17-21-14-15-22(37)16-26(21)40)36(34-29(47-3)12-7-13-30(34)48-4)42(32(44)20-50-36)18-23-24(38)8-5-9-25(23)39/h5-16H,17-20H2,1-4H3. The lowest BCUT2D eigenvalue weighted by Gasteiger charge is -2.54. The second-order valence-corrected chi connectivity index (χ2v) is 14.1. The minimum absolute atomic E-state index is 0.131. The van der Waals surface area contributed by atoms with E-state index < -0.39 is 45.6 Å². The number of carbonyl (C=O) groups excluding carboxylic acids is 2. The summed E-state index contributed by atoms with van der Waals surface area (Å²) in [6.07, 6.45) is 0. The highest BCUT2D eigenvalue weighted by atomic mass is 35.5. The Balaban J connectivity index is 1.80. The molecule has 4 aromatic rings. The van der Waals surface area contributed by atoms with E-state index >= 15 is 13.2 Å². The van der Waals surface area contributed by atoms with Gasteiger partial charge in [-0.25, -0.2) is 13.2 Å². The van der Waals surface area contributed by atoms with Crippen molar-refractivity contribution in [1.82, 2.24) is 9.80 Å². The van der Waals surface area contributed by atoms with Crippen molar-refractivity contribution in [3.63, 3.8) is 0 Å². The summed E-state index contributed by atoms with van der Waals surface area (Å²) < 4.78 is 70.5. The largest absolute Gasteiger partial charge is 0.496 e. The van der Waals surface area contributed by atoms with Gasteiger partial charge in [-0.1, -0.05) is 35.9 Å². The van der Waals surface area contributed by atoms with Gasteiger partial charge in [-0.05, 0) is 48.5 Å². The Morgan fingerprint density at radius 1 is 0.640 bits per heavy atom. The molecule has 2 atom stereocenters. The maximum atomic E-state index is 15.7. The fourth-order valence-electron chi connectivity index (χ4n) is 6.74. The summed E-state index contributed by atoms with van der Waals surface area (Å²) in [7, 11) is 5.79. The number of amides is 2. The molecule has 0 radical (unpaired) electrons. The monoisotopic (exact) mass is 744 g/mol. The third-order valence-electron chi connectivity index (χ3n) is 8.89. The molecule has 4 aromatic carbocycles. The summed E-state index contributed by atoms with van der Waals surface area (Å²) in [5.41, 5.74) is 0.388. The molecule has 0 bridgehead atoms. The van der Waals surface area contributed by atoms with Gasteiger partial charge in [-0.3, -0.25) is 9.59 Å². The molecule has 2 fully saturated rings. The van der Waals surface area contributed by atoms with E-state index in [1.807, 2.05) is 0 Å². The second kappa shape index (κ2) is 14.2. The number of carbonyl (C=O) groups is 2. The van der Waals surface area contributed by atoms with Crippen LogP contribution in [0, 0.1) is 17.5 Å². The molecule has 8 nitrogen and oxygen atoms in total. The topological polar surface area (TPSA) is 77.5 Å². The summed E-state index contributed by atoms with van der Waals surface area (Å²) in [5.74, 6) is -2.53. The van der Waals surface area contributed by atoms with Crippen LogP contribution < -0.4 is 18.9 Å². The Bertz CT molecular complexity index is 1910. The molecule has 2 aliphatic heterocycles. The molecular weight excluding hydrogens is 713 g/mol. The van der Waals surface area contributed by atoms with E-state index in [2.05, 4.69) is 0 Å². The number of thioether (sulfide) groups is 2. The van der Waals surface area contributed by atoms with Crippen molar-refractivity contribution in [2.75, 3.05) is 39.9 Å². The minimum atomic E-state index is -1.79. The van der Waals surface area contributed by atoms with Crippen LogP contribution in [0.25, 0.3) is 0 Å². The van der Waals surface area contributed by atoms with Gasteiger partial charge < -0.3 is 28.7 Å². The van der Waals surface area contributed by atoms with Crippen LogP contribution in [-0.2, 0) is 32.4 Å². The highest BCUT2D eigenvalue weighted by Gasteiger charge is 2.71. The predicted molar refractivity (Wildman–Crippen MR) is 186 cm³/mol. The number of hydrogen-bond acceptors (Lipinski definition) is 8. The van der Waals surface area contributed by atoms with Gasteiger partial charge in [0.2, 0.25) is 11.8 Å². The first-order valence-electron chi connectivity index (χ1n) is 15.3. The van der Waals surface area contributed by atoms with E-state index in [1.165, 1.54) is 56.4 Å². The lowest BCUT2D eigenvalue weighted by molar-refractivity contribution is -0.141. The van der Waals surface area contributed by atoms with Crippen LogP contribution in [0.15, 0.2) is 72.8 Å². The van der Waals surface area contributed by atoms with Gasteiger partial charge in [0.05, 0.1) is 64.2 Å². The average molecular weight is 745 g/mol. The summed E-state index contributed by atoms with van der Waals surface area (Å²) in [5, 5.41) is 0.163. The first-order chi connectivity index (χ1) is 24.1. The van der Waals surface area contributed by atoms with Gasteiger partial charge in [0, 0.05) is 16.1 Å². The number of benzene rings is 4. The number of methoxy groups -OCH3 is 4. The van der Waals surface area contributed by atoms with Crippen LogP contribution in [-0.4, -0.2) is 61.6 Å². The van der Waals surface area contributed by atoms with Crippen molar-refractivity contribution in [1.29, 1.82) is 0 Å². The fourth-order valence-corrected chi connectivity index (χ4v) is 10.4. The van der Waals surface area contributed by atoms with Crippen molar-refractivity contribution < 1.29 is 41.7 Å². The third kappa shape index (κ3) is 5.59. The Kier molecular flexibility index (Phi) is 10.1. The van der Waals surface area contributed by atoms with Gasteiger partial charge in [0.15, 0.2) is 9.74 Å². The van der Waals surface area contributed by atoms with E-state index in [9.17, 15) is 9.59 Å². The van der Waals surface area contributed by atoms with Gasteiger partial charge in [-0.15, -0.1) is 23.5 Å². The molecule has 262 valence electrons. The van der Waals surface area contributed by atoms with Gasteiger partial charge in [0.1, 0.15) is 40.4 Å². The fraction of sp³-hybridized carbons (Fsp3) is 0.278. The van der Waals surface area contributed by atoms with E-state index in [1.54, 1.807) is 36.4 Å². The quantitative estimate of drug-likeness (QED) is 0.158. The van der Waals surface area contributed by atoms with Gasteiger partial charge in [-0.2, -0.15) is 0 Å². The van der Waals surface area contributed by atoms with E-state index in [4.69, 9.17) is 30.5 Å². The number of ether oxygens (including phenoxy) is 4. The molecule has 6 rings (SSSR count). The number of hydrogen-bond donors (Lipinski definition) is 0. The zero-order chi connectivity index (χ0) is 35.8. The van der Waals surface area contributed by atoms with Crippen molar-refractivity contribution in [3.8, 4) is 23.0 Å². The molecule has 0 saturated carbocycles. The number of nitrogens with zero attached hydrogens (tertiary/aromatic N) is 2. The zero-order valence-corrected chi connectivity index (χ0v) is 29.8. The molecule has 0 spiro atoms. The molecule has 0 aliphatic carbocycles. The molecule has 0 N–H and O–H groups in total. The van der Waals surface area contributed by atoms with Crippen LogP contribution in [0.5, 0.6) is 23.0 Å². The van der Waals surface area contributed by atoms with Crippen LogP contribution >= 0.6 is 35.1 Å². The molecule has 2 heterocycles. The van der Waals surface area contributed by atoms with Gasteiger partial charge >= 0.3 is 0 Å². The Morgan fingerprint density at radius 2 is 1.06 bits per heavy atom. The lowest BCUT2D eigenvalue weighted by Crippen LogP contribution is -2.61. The third-order valence-corrected chi connectivity index (χ3v) is 12.3. The molecule has 50 heavy (non-hydrogen) atoms. The Morgan fingerprint density at radius 3 is 1.48 bits per heavy atom. The van der Waals surface area contributed by atoms with Crippen LogP contribution in [0.3, 0.4) is 0 Å². The highest BCUT2D eigenvalue weighted by Crippen LogP contribution is 2.70. The maximum Gasteiger partial charge on any atom is 0.234 e. The summed E-state index contributed by atoms with van der Waals surface area (Å²) in [6, 6.07) is 17.7. The zero-order valence-electron chi connectivity index (χ0n) is 27.4. The summed E-state index contributed by atoms with van der Waals surface area (Å²) in [6.45, 7) is -0.853.